The number of benzene rings is 1. The molecule has 0 fully saturated rings. The predicted molar refractivity (Wildman–Crippen MR) is 63.3 cm³/mol. The van der Waals surface area contributed by atoms with Gasteiger partial charge in [0.1, 0.15) is 0 Å². The largest absolute Gasteiger partial charge is 0.0917 e. The van der Waals surface area contributed by atoms with E-state index in [1.165, 1.54) is 11.1 Å². The molecule has 70 valence electrons. The molecule has 0 aliphatic rings. The van der Waals surface area contributed by atoms with E-state index < -0.39 is 0 Å². The summed E-state index contributed by atoms with van der Waals surface area (Å²) < 4.78 is 0.921. The topological polar surface area (TPSA) is 0 Å². The average Bonchev–Trinajstić information content (AvgIpc) is 2.17. The van der Waals surface area contributed by atoms with E-state index >= 15 is 0 Å². The summed E-state index contributed by atoms with van der Waals surface area (Å²) in [5.41, 5.74) is 3.99. The zero-order valence-corrected chi connectivity index (χ0v) is 10.1. The molecule has 0 aliphatic carbocycles. The van der Waals surface area contributed by atoms with Gasteiger partial charge >= 0.3 is 0 Å². The summed E-state index contributed by atoms with van der Waals surface area (Å²) in [6, 6.07) is 8.39. The van der Waals surface area contributed by atoms with Gasteiger partial charge in [0.05, 0.1) is 0 Å². The van der Waals surface area contributed by atoms with Crippen LogP contribution in [-0.4, -0.2) is 0 Å². The van der Waals surface area contributed by atoms with Crippen molar-refractivity contribution in [1.29, 1.82) is 0 Å². The lowest BCUT2D eigenvalue weighted by Crippen LogP contribution is -1.86. The Morgan fingerprint density at radius 1 is 1.31 bits per heavy atom. The first kappa shape index (κ1) is 10.8. The van der Waals surface area contributed by atoms with Gasteiger partial charge in [0.2, 0.25) is 0 Å². The number of hydrogen-bond acceptors (Lipinski definition) is 0. The van der Waals surface area contributed by atoms with Crippen LogP contribution >= 0.6 is 27.5 Å². The molecule has 0 atom stereocenters. The molecule has 0 radical (unpaired) electrons. The smallest absolute Gasteiger partial charge is 0.0360 e. The van der Waals surface area contributed by atoms with E-state index in [4.69, 9.17) is 11.6 Å². The second-order valence-corrected chi connectivity index (χ2v) is 4.31. The van der Waals surface area contributed by atoms with Crippen LogP contribution in [0.5, 0.6) is 0 Å². The van der Waals surface area contributed by atoms with Crippen LogP contribution in [0.2, 0.25) is 0 Å². The molecule has 0 aromatic heterocycles. The van der Waals surface area contributed by atoms with Crippen molar-refractivity contribution in [1.82, 2.24) is 0 Å². The van der Waals surface area contributed by atoms with Gasteiger partial charge in [-0.1, -0.05) is 49.7 Å². The Labute approximate surface area is 92.7 Å². The van der Waals surface area contributed by atoms with Crippen LogP contribution in [-0.2, 0) is 0 Å². The van der Waals surface area contributed by atoms with Gasteiger partial charge in [-0.25, -0.2) is 0 Å². The molecule has 0 saturated heterocycles. The highest BCUT2D eigenvalue weighted by Crippen LogP contribution is 2.23. The standard InChI is InChI=1S/C11H12BrCl/c1-8(2)9-3-5-10(6-4-9)11(12)7-13/h3-8H,1-2H3/b11-7-. The van der Waals surface area contributed by atoms with E-state index in [9.17, 15) is 0 Å². The summed E-state index contributed by atoms with van der Waals surface area (Å²) in [5.74, 6) is 0.577. The van der Waals surface area contributed by atoms with Gasteiger partial charge in [0.15, 0.2) is 0 Å². The van der Waals surface area contributed by atoms with Crippen molar-refractivity contribution in [2.45, 2.75) is 19.8 Å². The maximum Gasteiger partial charge on any atom is 0.0360 e. The van der Waals surface area contributed by atoms with Gasteiger partial charge < -0.3 is 0 Å². The Balaban J connectivity index is 2.94. The Bertz CT molecular complexity index is 298. The minimum Gasteiger partial charge on any atom is -0.0917 e. The SMILES string of the molecule is CC(C)c1ccc(/C(Br)=C/Cl)cc1. The van der Waals surface area contributed by atoms with Gasteiger partial charge in [-0.3, -0.25) is 0 Å². The van der Waals surface area contributed by atoms with Gasteiger partial charge in [-0.05, 0) is 33.0 Å². The van der Waals surface area contributed by atoms with Gasteiger partial charge in [0, 0.05) is 10.0 Å². The van der Waals surface area contributed by atoms with E-state index in [0.29, 0.717) is 5.92 Å². The maximum atomic E-state index is 5.58. The van der Waals surface area contributed by atoms with Gasteiger partial charge in [0.25, 0.3) is 0 Å². The minimum atomic E-state index is 0.577. The van der Waals surface area contributed by atoms with Crippen LogP contribution in [0.25, 0.3) is 4.48 Å². The summed E-state index contributed by atoms with van der Waals surface area (Å²) in [6.07, 6.45) is 0. The summed E-state index contributed by atoms with van der Waals surface area (Å²) in [6.45, 7) is 4.36. The molecule has 0 amide bonds. The second kappa shape index (κ2) is 4.83. The molecule has 0 nitrogen and oxygen atoms in total. The maximum absolute atomic E-state index is 5.58. The third-order valence-corrected chi connectivity index (χ3v) is 3.12. The van der Waals surface area contributed by atoms with Crippen molar-refractivity contribution in [3.63, 3.8) is 0 Å². The highest BCUT2D eigenvalue weighted by Gasteiger charge is 2.00. The average molecular weight is 260 g/mol. The Kier molecular flexibility index (Phi) is 4.01. The number of halogens is 2. The van der Waals surface area contributed by atoms with Crippen LogP contribution in [0.3, 0.4) is 0 Å². The molecule has 2 heteroatoms. The first-order valence-corrected chi connectivity index (χ1v) is 5.44. The Morgan fingerprint density at radius 2 is 1.85 bits per heavy atom. The third kappa shape index (κ3) is 2.85. The van der Waals surface area contributed by atoms with Crippen molar-refractivity contribution in [3.05, 3.63) is 40.9 Å². The Morgan fingerprint density at radius 3 is 2.23 bits per heavy atom. The van der Waals surface area contributed by atoms with Crippen LogP contribution in [0.4, 0.5) is 0 Å². The summed E-state index contributed by atoms with van der Waals surface area (Å²) in [7, 11) is 0. The lowest BCUT2D eigenvalue weighted by atomic mass is 10.0. The molecule has 1 aromatic rings. The van der Waals surface area contributed by atoms with E-state index in [-0.39, 0.29) is 0 Å². The van der Waals surface area contributed by atoms with Gasteiger partial charge in [-0.15, -0.1) is 0 Å². The fraction of sp³-hybridized carbons (Fsp3) is 0.273. The second-order valence-electron chi connectivity index (χ2n) is 3.23. The minimum absolute atomic E-state index is 0.577. The van der Waals surface area contributed by atoms with Crippen molar-refractivity contribution in [3.8, 4) is 0 Å². The van der Waals surface area contributed by atoms with Crippen LogP contribution < -0.4 is 0 Å². The number of hydrogen-bond donors (Lipinski definition) is 0. The van der Waals surface area contributed by atoms with Crippen LogP contribution in [0, 0.1) is 0 Å². The molecule has 0 saturated carbocycles. The predicted octanol–water partition coefficient (Wildman–Crippen LogP) is 4.74. The molecule has 1 aromatic carbocycles. The molecule has 0 aliphatic heterocycles. The van der Waals surface area contributed by atoms with E-state index in [0.717, 1.165) is 10.0 Å². The van der Waals surface area contributed by atoms with Crippen LogP contribution in [0.1, 0.15) is 30.9 Å². The summed E-state index contributed by atoms with van der Waals surface area (Å²) in [4.78, 5) is 0. The van der Waals surface area contributed by atoms with E-state index in [1.54, 1.807) is 0 Å². The molecule has 1 rings (SSSR count). The molecular formula is C11H12BrCl. The molecule has 0 unspecified atom stereocenters. The highest BCUT2D eigenvalue weighted by molar-refractivity contribution is 9.15. The lowest BCUT2D eigenvalue weighted by Gasteiger charge is -2.05. The molecular weight excluding hydrogens is 247 g/mol. The highest BCUT2D eigenvalue weighted by atomic mass is 79.9. The van der Waals surface area contributed by atoms with Crippen LogP contribution in [0.15, 0.2) is 29.8 Å². The number of rotatable bonds is 2. The van der Waals surface area contributed by atoms with Crippen molar-refractivity contribution in [2.24, 2.45) is 0 Å². The zero-order valence-electron chi connectivity index (χ0n) is 7.72. The van der Waals surface area contributed by atoms with Crippen molar-refractivity contribution in [2.75, 3.05) is 0 Å². The van der Waals surface area contributed by atoms with E-state index in [1.807, 2.05) is 0 Å². The molecule has 0 N–H and O–H groups in total. The first-order valence-electron chi connectivity index (χ1n) is 4.21. The van der Waals surface area contributed by atoms with Crippen molar-refractivity contribution >= 4 is 32.0 Å². The molecule has 0 spiro atoms. The Hall–Kier alpha value is -0.270. The molecule has 13 heavy (non-hydrogen) atoms. The summed E-state index contributed by atoms with van der Waals surface area (Å²) in [5, 5.41) is 0. The summed E-state index contributed by atoms with van der Waals surface area (Å²) >= 11 is 8.96. The van der Waals surface area contributed by atoms with Crippen molar-refractivity contribution < 1.29 is 0 Å². The lowest BCUT2D eigenvalue weighted by molar-refractivity contribution is 0.866. The van der Waals surface area contributed by atoms with Gasteiger partial charge in [-0.2, -0.15) is 0 Å². The molecule has 0 heterocycles. The monoisotopic (exact) mass is 258 g/mol. The zero-order chi connectivity index (χ0) is 9.84. The molecule has 0 bridgehead atoms. The fourth-order valence-corrected chi connectivity index (χ4v) is 1.48. The quantitative estimate of drug-likeness (QED) is 0.719. The van der Waals surface area contributed by atoms with E-state index in [2.05, 4.69) is 54.0 Å². The fourth-order valence-electron chi connectivity index (χ4n) is 1.09. The third-order valence-electron chi connectivity index (χ3n) is 1.95. The first-order chi connectivity index (χ1) is 6.15. The normalized spacial score (nSPS) is 12.2.